The smallest absolute Gasteiger partial charge is 0.306 e. The first-order chi connectivity index (χ1) is 10.6. The third-order valence-electron chi connectivity index (χ3n) is 4.92. The van der Waals surface area contributed by atoms with Gasteiger partial charge in [0.15, 0.2) is 0 Å². The lowest BCUT2D eigenvalue weighted by molar-refractivity contribution is -0.144. The normalized spacial score (nSPS) is 27.2. The SMILES string of the molecule is O=C(O)C1CCCC(C(=O)NC2CCc3c(Cl)cccc32)C1. The van der Waals surface area contributed by atoms with E-state index in [1.165, 1.54) is 0 Å². The first kappa shape index (κ1) is 15.3. The molecule has 0 bridgehead atoms. The molecular formula is C17H20ClNO3. The Balaban J connectivity index is 1.66. The largest absolute Gasteiger partial charge is 0.481 e. The van der Waals surface area contributed by atoms with Crippen molar-refractivity contribution in [2.24, 2.45) is 11.8 Å². The number of halogens is 1. The highest BCUT2D eigenvalue weighted by Gasteiger charge is 2.33. The van der Waals surface area contributed by atoms with Crippen LogP contribution >= 0.6 is 11.6 Å². The number of fused-ring (bicyclic) bond motifs is 1. The van der Waals surface area contributed by atoms with Crippen molar-refractivity contribution in [3.63, 3.8) is 0 Å². The van der Waals surface area contributed by atoms with E-state index in [1.807, 2.05) is 18.2 Å². The summed E-state index contributed by atoms with van der Waals surface area (Å²) in [5.74, 6) is -1.35. The maximum atomic E-state index is 12.5. The Morgan fingerprint density at radius 3 is 2.73 bits per heavy atom. The number of rotatable bonds is 3. The molecule has 2 aliphatic carbocycles. The Morgan fingerprint density at radius 2 is 1.95 bits per heavy atom. The van der Waals surface area contributed by atoms with E-state index in [-0.39, 0.29) is 23.8 Å². The van der Waals surface area contributed by atoms with E-state index in [1.54, 1.807) is 0 Å². The number of carbonyl (C=O) groups excluding carboxylic acids is 1. The fourth-order valence-electron chi connectivity index (χ4n) is 3.70. The molecule has 1 fully saturated rings. The Kier molecular flexibility index (Phi) is 4.39. The summed E-state index contributed by atoms with van der Waals surface area (Å²) in [6, 6.07) is 5.81. The molecule has 1 aromatic carbocycles. The summed E-state index contributed by atoms with van der Waals surface area (Å²) in [7, 11) is 0. The van der Waals surface area contributed by atoms with Crippen LogP contribution in [0.15, 0.2) is 18.2 Å². The maximum absolute atomic E-state index is 12.5. The van der Waals surface area contributed by atoms with Gasteiger partial charge in [-0.2, -0.15) is 0 Å². The van der Waals surface area contributed by atoms with Gasteiger partial charge in [-0.3, -0.25) is 9.59 Å². The summed E-state index contributed by atoms with van der Waals surface area (Å²) in [6.07, 6.45) is 4.46. The number of hydrogen-bond donors (Lipinski definition) is 2. The number of amides is 1. The molecule has 0 aliphatic heterocycles. The van der Waals surface area contributed by atoms with Crippen LogP contribution in [0.3, 0.4) is 0 Å². The number of carboxylic acid groups (broad SMARTS) is 1. The number of benzene rings is 1. The molecule has 3 atom stereocenters. The molecule has 0 aromatic heterocycles. The van der Waals surface area contributed by atoms with Crippen LogP contribution in [-0.2, 0) is 16.0 Å². The third kappa shape index (κ3) is 2.98. The lowest BCUT2D eigenvalue weighted by Gasteiger charge is -2.27. The zero-order chi connectivity index (χ0) is 15.7. The molecule has 1 saturated carbocycles. The van der Waals surface area contributed by atoms with Crippen LogP contribution in [-0.4, -0.2) is 17.0 Å². The van der Waals surface area contributed by atoms with Crippen LogP contribution < -0.4 is 5.32 Å². The van der Waals surface area contributed by atoms with Gasteiger partial charge in [0.05, 0.1) is 12.0 Å². The van der Waals surface area contributed by atoms with Gasteiger partial charge in [-0.05, 0) is 49.3 Å². The van der Waals surface area contributed by atoms with Gasteiger partial charge in [0.25, 0.3) is 0 Å². The number of nitrogens with one attached hydrogen (secondary N) is 1. The summed E-state index contributed by atoms with van der Waals surface area (Å²) < 4.78 is 0. The molecule has 22 heavy (non-hydrogen) atoms. The predicted octanol–water partition coefficient (Wildman–Crippen LogP) is 3.33. The van der Waals surface area contributed by atoms with Crippen molar-refractivity contribution in [2.45, 2.75) is 44.6 Å². The summed E-state index contributed by atoms with van der Waals surface area (Å²) in [5, 5.41) is 13.0. The van der Waals surface area contributed by atoms with Gasteiger partial charge in [-0.25, -0.2) is 0 Å². The van der Waals surface area contributed by atoms with E-state index in [0.717, 1.165) is 41.8 Å². The quantitative estimate of drug-likeness (QED) is 0.897. The van der Waals surface area contributed by atoms with Gasteiger partial charge in [0.1, 0.15) is 0 Å². The van der Waals surface area contributed by atoms with Crippen LogP contribution in [0.1, 0.15) is 49.3 Å². The molecule has 0 saturated heterocycles. The highest BCUT2D eigenvalue weighted by molar-refractivity contribution is 6.31. The van der Waals surface area contributed by atoms with Crippen LogP contribution in [0.5, 0.6) is 0 Å². The Morgan fingerprint density at radius 1 is 1.18 bits per heavy atom. The molecule has 3 rings (SSSR count). The average molecular weight is 322 g/mol. The molecule has 0 spiro atoms. The molecule has 1 amide bonds. The highest BCUT2D eigenvalue weighted by Crippen LogP contribution is 2.36. The zero-order valence-corrected chi connectivity index (χ0v) is 13.1. The van der Waals surface area contributed by atoms with Crippen molar-refractivity contribution in [3.8, 4) is 0 Å². The van der Waals surface area contributed by atoms with Gasteiger partial charge in [-0.15, -0.1) is 0 Å². The topological polar surface area (TPSA) is 66.4 Å². The van der Waals surface area contributed by atoms with Crippen LogP contribution in [0.2, 0.25) is 5.02 Å². The van der Waals surface area contributed by atoms with Crippen molar-refractivity contribution in [1.82, 2.24) is 5.32 Å². The third-order valence-corrected chi connectivity index (χ3v) is 5.28. The van der Waals surface area contributed by atoms with Crippen molar-refractivity contribution < 1.29 is 14.7 Å². The molecule has 0 heterocycles. The minimum atomic E-state index is -0.782. The highest BCUT2D eigenvalue weighted by atomic mass is 35.5. The lowest BCUT2D eigenvalue weighted by atomic mass is 9.81. The van der Waals surface area contributed by atoms with Crippen molar-refractivity contribution in [2.75, 3.05) is 0 Å². The van der Waals surface area contributed by atoms with Gasteiger partial charge >= 0.3 is 5.97 Å². The monoisotopic (exact) mass is 321 g/mol. The fourth-order valence-corrected chi connectivity index (χ4v) is 3.98. The maximum Gasteiger partial charge on any atom is 0.306 e. The number of carboxylic acids is 1. The number of hydrogen-bond acceptors (Lipinski definition) is 2. The van der Waals surface area contributed by atoms with Crippen LogP contribution in [0.4, 0.5) is 0 Å². The molecule has 4 nitrogen and oxygen atoms in total. The van der Waals surface area contributed by atoms with E-state index in [0.29, 0.717) is 12.8 Å². The summed E-state index contributed by atoms with van der Waals surface area (Å²) in [5.41, 5.74) is 2.23. The molecule has 118 valence electrons. The Bertz CT molecular complexity index is 602. The molecular weight excluding hydrogens is 302 g/mol. The summed E-state index contributed by atoms with van der Waals surface area (Å²) in [6.45, 7) is 0. The van der Waals surface area contributed by atoms with Crippen LogP contribution in [0, 0.1) is 11.8 Å². The van der Waals surface area contributed by atoms with Gasteiger partial charge < -0.3 is 10.4 Å². The van der Waals surface area contributed by atoms with Gasteiger partial charge in [0, 0.05) is 10.9 Å². The Hall–Kier alpha value is -1.55. The van der Waals surface area contributed by atoms with E-state index in [4.69, 9.17) is 16.7 Å². The molecule has 1 aromatic rings. The zero-order valence-electron chi connectivity index (χ0n) is 12.3. The standard InChI is InChI=1S/C17H20ClNO3/c18-14-6-2-5-13-12(14)7-8-15(13)19-16(20)10-3-1-4-11(9-10)17(21)22/h2,5-6,10-11,15H,1,3-4,7-9H2,(H,19,20)(H,21,22). The summed E-state index contributed by atoms with van der Waals surface area (Å²) in [4.78, 5) is 23.6. The van der Waals surface area contributed by atoms with E-state index in [9.17, 15) is 9.59 Å². The first-order valence-electron chi connectivity index (χ1n) is 7.86. The minimum Gasteiger partial charge on any atom is -0.481 e. The van der Waals surface area contributed by atoms with Crippen molar-refractivity contribution in [3.05, 3.63) is 34.3 Å². The molecule has 0 radical (unpaired) electrons. The van der Waals surface area contributed by atoms with Crippen LogP contribution in [0.25, 0.3) is 0 Å². The second-order valence-electron chi connectivity index (χ2n) is 6.31. The second-order valence-corrected chi connectivity index (χ2v) is 6.71. The first-order valence-corrected chi connectivity index (χ1v) is 8.24. The van der Waals surface area contributed by atoms with E-state index < -0.39 is 5.97 Å². The number of aliphatic carboxylic acids is 1. The minimum absolute atomic E-state index is 0.00593. The summed E-state index contributed by atoms with van der Waals surface area (Å²) >= 11 is 6.20. The van der Waals surface area contributed by atoms with Gasteiger partial charge in [0.2, 0.25) is 5.91 Å². The van der Waals surface area contributed by atoms with Crippen molar-refractivity contribution >= 4 is 23.5 Å². The fraction of sp³-hybridized carbons (Fsp3) is 0.529. The molecule has 2 aliphatic rings. The lowest BCUT2D eigenvalue weighted by Crippen LogP contribution is -2.36. The predicted molar refractivity (Wildman–Crippen MR) is 83.7 cm³/mol. The average Bonchev–Trinajstić information content (AvgIpc) is 2.92. The molecule has 3 unspecified atom stereocenters. The second kappa shape index (κ2) is 6.29. The molecule has 2 N–H and O–H groups in total. The van der Waals surface area contributed by atoms with Crippen molar-refractivity contribution in [1.29, 1.82) is 0 Å². The molecule has 5 heteroatoms. The number of carbonyl (C=O) groups is 2. The van der Waals surface area contributed by atoms with E-state index >= 15 is 0 Å². The van der Waals surface area contributed by atoms with E-state index in [2.05, 4.69) is 5.32 Å². The Labute approximate surface area is 134 Å². The van der Waals surface area contributed by atoms with Gasteiger partial charge in [-0.1, -0.05) is 30.2 Å².